The first-order chi connectivity index (χ1) is 40.2. The number of nitrogens with two attached hydrogens (primary N) is 2. The number of rotatable bonds is 9. The van der Waals surface area contributed by atoms with Gasteiger partial charge >= 0.3 is 5.97 Å². The summed E-state index contributed by atoms with van der Waals surface area (Å²) < 4.78 is 17.5. The standard InChI is InChI=1S/C62H111N3O21/c1-32-25-42(68)29-47(73)40(9)55(78)56(79)49(75)30-43(69)28-41(67)18-13-21-50(38(7)45(71)20-14-24-65-62(63)64)84-60(83)36(5)17-12-16-34(3)54(77)39(8)46(72)19-11-10-15-33(2)44(70)23-22-35(4)53(76)37(6)27-51(48(74)26-32)85-61-59(82)58(81)57(80)52(31-66)86-61/h10,13,15,17-18,22-23,27,32-35,38-59,61,66-82H,11-12,14,16,19-21,24-26,28-31H2,1-9H3,(H4,63,64,65)/t32-,33-,34-,35-,38+,39-,40-,41+,42-,43-,44-,45+,46-,47-,48+,49+,50-,51+,52+,53+,54+,55+,56-,57+,58-,59-,61-/m0/s1. The lowest BCUT2D eigenvalue weighted by Crippen LogP contribution is -2.60. The van der Waals surface area contributed by atoms with E-state index in [1.54, 1.807) is 66.7 Å². The van der Waals surface area contributed by atoms with Crippen molar-refractivity contribution in [1.29, 1.82) is 0 Å². The SMILES string of the molecule is CC1=CCC[C@H](C)[C@@H](O)[C@@H](C)[C@@H](O)CCC=C[C@H](C)[C@@H](O)C=C[C@H](C)[C@@H](O)C(C)=C[C@@H](O[C@H]2O[C@H](CO)[C@@H](O)[C@H](O)[C@@H]2O)[C@H](O)C[C@@H](C)C[C@H](O)C[C@H](O)[C@H](C)[C@@H](O)[C@@H](O)[C@H](O)C[C@@H](O)C[C@H](O)C=CC[C@@H]([C@H](C)[C@H](O)CCCN=C(N)N)OC1=O. The Kier molecular flexibility index (Phi) is 36.4. The summed E-state index contributed by atoms with van der Waals surface area (Å²) in [5.41, 5.74) is 11.4. The Balaban J connectivity index is 2.45. The summed E-state index contributed by atoms with van der Waals surface area (Å²) in [5, 5.41) is 186. The van der Waals surface area contributed by atoms with Crippen LogP contribution in [0.15, 0.2) is 64.7 Å². The van der Waals surface area contributed by atoms with Gasteiger partial charge in [0.2, 0.25) is 0 Å². The molecule has 27 atom stereocenters. The fraction of sp³-hybridized carbons (Fsp3) is 0.806. The van der Waals surface area contributed by atoms with Crippen molar-refractivity contribution in [3.05, 3.63) is 59.8 Å². The quantitative estimate of drug-likeness (QED) is 0.0466. The van der Waals surface area contributed by atoms with Crippen LogP contribution in [0.5, 0.6) is 0 Å². The van der Waals surface area contributed by atoms with Crippen molar-refractivity contribution in [2.24, 2.45) is 57.9 Å². The van der Waals surface area contributed by atoms with E-state index in [4.69, 9.17) is 25.7 Å². The molecular weight excluding hydrogens is 1120 g/mol. The van der Waals surface area contributed by atoms with Crippen molar-refractivity contribution >= 4 is 11.9 Å². The van der Waals surface area contributed by atoms with Gasteiger partial charge in [-0.15, -0.1) is 0 Å². The van der Waals surface area contributed by atoms with Crippen LogP contribution < -0.4 is 11.5 Å². The number of aliphatic hydroxyl groups excluding tert-OH is 17. The van der Waals surface area contributed by atoms with E-state index in [-0.39, 0.29) is 68.1 Å². The minimum Gasteiger partial charge on any atom is -0.458 e. The fourth-order valence-electron chi connectivity index (χ4n) is 10.8. The Morgan fingerprint density at radius 1 is 0.674 bits per heavy atom. The van der Waals surface area contributed by atoms with E-state index in [0.29, 0.717) is 32.1 Å². The Morgan fingerprint density at radius 3 is 1.94 bits per heavy atom. The predicted octanol–water partition coefficient (Wildman–Crippen LogP) is -0.243. The van der Waals surface area contributed by atoms with Gasteiger partial charge in [0.15, 0.2) is 12.2 Å². The molecule has 86 heavy (non-hydrogen) atoms. The monoisotopic (exact) mass is 1230 g/mol. The molecule has 0 amide bonds. The molecule has 1 fully saturated rings. The van der Waals surface area contributed by atoms with Crippen LogP contribution in [-0.4, -0.2) is 234 Å². The van der Waals surface area contributed by atoms with Crippen molar-refractivity contribution in [2.45, 2.75) is 262 Å². The Morgan fingerprint density at radius 2 is 1.30 bits per heavy atom. The predicted molar refractivity (Wildman–Crippen MR) is 322 cm³/mol. The van der Waals surface area contributed by atoms with Crippen molar-refractivity contribution in [1.82, 2.24) is 0 Å². The molecule has 0 aromatic rings. The maximum absolute atomic E-state index is 13.5. The van der Waals surface area contributed by atoms with Gasteiger partial charge < -0.3 is 112 Å². The van der Waals surface area contributed by atoms with Gasteiger partial charge in [0.25, 0.3) is 0 Å². The van der Waals surface area contributed by atoms with Crippen LogP contribution in [0.3, 0.4) is 0 Å². The Hall–Kier alpha value is -3.32. The van der Waals surface area contributed by atoms with Gasteiger partial charge in [0, 0.05) is 61.0 Å². The highest BCUT2D eigenvalue weighted by atomic mass is 16.7. The van der Waals surface area contributed by atoms with Crippen molar-refractivity contribution < 1.29 is 106 Å². The lowest BCUT2D eigenvalue weighted by atomic mass is 9.85. The number of hydrogen-bond acceptors (Lipinski definition) is 22. The zero-order chi connectivity index (χ0) is 65.3. The van der Waals surface area contributed by atoms with Gasteiger partial charge in [0.05, 0.1) is 79.9 Å². The molecule has 0 spiro atoms. The molecule has 0 radical (unpaired) electrons. The minimum atomic E-state index is -1.89. The number of hydrogen-bond donors (Lipinski definition) is 19. The van der Waals surface area contributed by atoms with Crippen LogP contribution in [0.1, 0.15) is 139 Å². The smallest absolute Gasteiger partial charge is 0.333 e. The number of carbonyl (C=O) groups is 1. The third kappa shape index (κ3) is 27.0. The first kappa shape index (κ1) is 78.8. The number of esters is 1. The Labute approximate surface area is 508 Å². The summed E-state index contributed by atoms with van der Waals surface area (Å²) in [6.45, 7) is 14.5. The van der Waals surface area contributed by atoms with Crippen molar-refractivity contribution in [3.8, 4) is 0 Å². The molecule has 2 aliphatic rings. The van der Waals surface area contributed by atoms with Gasteiger partial charge in [-0.05, 0) is 89.0 Å². The maximum Gasteiger partial charge on any atom is 0.333 e. The van der Waals surface area contributed by atoms with Gasteiger partial charge in [-0.2, -0.15) is 0 Å². The minimum absolute atomic E-state index is 0.0306. The molecule has 0 aromatic carbocycles. The molecule has 1 saturated heterocycles. The number of aliphatic imine (C=N–C) groups is 1. The van der Waals surface area contributed by atoms with Crippen LogP contribution in [0, 0.1) is 41.4 Å². The number of nitrogens with zero attached hydrogens (tertiary/aromatic N) is 1. The Bertz CT molecular complexity index is 2090. The zero-order valence-electron chi connectivity index (χ0n) is 51.9. The number of carbonyl (C=O) groups excluding carboxylic acids is 1. The van der Waals surface area contributed by atoms with E-state index >= 15 is 0 Å². The summed E-state index contributed by atoms with van der Waals surface area (Å²) in [5.74, 6) is -4.83. The molecule has 0 unspecified atom stereocenters. The molecule has 2 heterocycles. The molecule has 0 aliphatic carbocycles. The molecule has 0 saturated carbocycles. The van der Waals surface area contributed by atoms with Gasteiger partial charge in [-0.3, -0.25) is 4.99 Å². The van der Waals surface area contributed by atoms with Gasteiger partial charge in [-0.1, -0.05) is 97.1 Å². The van der Waals surface area contributed by atoms with E-state index in [1.165, 1.54) is 31.2 Å². The fourth-order valence-corrected chi connectivity index (χ4v) is 10.8. The third-order valence-electron chi connectivity index (χ3n) is 17.1. The van der Waals surface area contributed by atoms with Crippen LogP contribution in [0.4, 0.5) is 0 Å². The molecule has 21 N–H and O–H groups in total. The highest BCUT2D eigenvalue weighted by molar-refractivity contribution is 5.87. The van der Waals surface area contributed by atoms with Crippen molar-refractivity contribution in [2.75, 3.05) is 13.2 Å². The van der Waals surface area contributed by atoms with Crippen molar-refractivity contribution in [3.63, 3.8) is 0 Å². The second-order valence-electron chi connectivity index (χ2n) is 24.8. The summed E-state index contributed by atoms with van der Waals surface area (Å²) >= 11 is 0. The second kappa shape index (κ2) is 39.7. The largest absolute Gasteiger partial charge is 0.458 e. The molecule has 0 aromatic heterocycles. The molecule has 24 heteroatoms. The summed E-state index contributed by atoms with van der Waals surface area (Å²) in [4.78, 5) is 17.5. The van der Waals surface area contributed by atoms with Gasteiger partial charge in [-0.25, -0.2) is 4.79 Å². The third-order valence-corrected chi connectivity index (χ3v) is 17.1. The van der Waals surface area contributed by atoms with E-state index in [0.717, 1.165) is 0 Å². The van der Waals surface area contributed by atoms with Gasteiger partial charge in [0.1, 0.15) is 42.7 Å². The second-order valence-corrected chi connectivity index (χ2v) is 24.8. The number of guanidine groups is 1. The van der Waals surface area contributed by atoms with Crippen LogP contribution in [0.2, 0.25) is 0 Å². The number of aliphatic hydroxyl groups is 17. The zero-order valence-corrected chi connectivity index (χ0v) is 51.9. The molecule has 2 aliphatic heterocycles. The molecule has 0 bridgehead atoms. The highest BCUT2D eigenvalue weighted by Gasteiger charge is 2.46. The highest BCUT2D eigenvalue weighted by Crippen LogP contribution is 2.30. The van der Waals surface area contributed by atoms with Crippen LogP contribution >= 0.6 is 0 Å². The first-order valence-corrected chi connectivity index (χ1v) is 30.7. The number of cyclic esters (lactones) is 1. The number of allylic oxidation sites excluding steroid dienone is 2. The molecule has 500 valence electrons. The van der Waals surface area contributed by atoms with Crippen LogP contribution in [0.25, 0.3) is 0 Å². The molecule has 24 nitrogen and oxygen atoms in total. The van der Waals surface area contributed by atoms with E-state index < -0.39 is 177 Å². The summed E-state index contributed by atoms with van der Waals surface area (Å²) in [7, 11) is 0. The molecule has 2 rings (SSSR count). The average molecular weight is 1230 g/mol. The summed E-state index contributed by atoms with van der Waals surface area (Å²) in [6, 6.07) is 0. The number of ether oxygens (including phenoxy) is 3. The lowest BCUT2D eigenvalue weighted by molar-refractivity contribution is -0.312. The topological polar surface area (TPSA) is 453 Å². The molecular formula is C62H111N3O21. The van der Waals surface area contributed by atoms with E-state index in [1.807, 2.05) is 13.0 Å². The summed E-state index contributed by atoms with van der Waals surface area (Å²) in [6.07, 6.45) is -14.0. The normalized spacial score (nSPS) is 40.6. The average Bonchev–Trinajstić information content (AvgIpc) is 3.36. The first-order valence-electron chi connectivity index (χ1n) is 30.7. The van der Waals surface area contributed by atoms with Crippen LogP contribution in [-0.2, 0) is 19.0 Å². The van der Waals surface area contributed by atoms with E-state index in [9.17, 15) is 91.6 Å². The van der Waals surface area contributed by atoms with E-state index in [2.05, 4.69) is 4.99 Å². The lowest BCUT2D eigenvalue weighted by Gasteiger charge is -2.41. The maximum atomic E-state index is 13.5.